The highest BCUT2D eigenvalue weighted by molar-refractivity contribution is 5.93. The molecule has 0 aliphatic rings. The van der Waals surface area contributed by atoms with E-state index in [0.717, 1.165) is 17.1 Å². The quantitative estimate of drug-likeness (QED) is 0.883. The standard InChI is InChI=1S/C16H18N2O3/c1-20-14-3-4-15(21-2)13(11-14)7-10-18-16(19)12-5-8-17-9-6-12/h3-6,8-9,11H,7,10H2,1-2H3,(H,18,19). The van der Waals surface area contributed by atoms with Crippen molar-refractivity contribution >= 4 is 5.91 Å². The molecule has 1 aromatic carbocycles. The molecule has 2 aromatic rings. The highest BCUT2D eigenvalue weighted by atomic mass is 16.5. The maximum atomic E-state index is 11.9. The van der Waals surface area contributed by atoms with Crippen LogP contribution in [0.2, 0.25) is 0 Å². The largest absolute Gasteiger partial charge is 0.497 e. The molecular weight excluding hydrogens is 268 g/mol. The van der Waals surface area contributed by atoms with Crippen LogP contribution in [0.1, 0.15) is 15.9 Å². The highest BCUT2D eigenvalue weighted by Crippen LogP contribution is 2.24. The third kappa shape index (κ3) is 3.95. The van der Waals surface area contributed by atoms with Crippen LogP contribution in [0.15, 0.2) is 42.7 Å². The zero-order valence-corrected chi connectivity index (χ0v) is 12.1. The number of amides is 1. The van der Waals surface area contributed by atoms with Gasteiger partial charge in [0.05, 0.1) is 14.2 Å². The van der Waals surface area contributed by atoms with E-state index < -0.39 is 0 Å². The molecule has 5 nitrogen and oxygen atoms in total. The number of benzene rings is 1. The fourth-order valence-corrected chi connectivity index (χ4v) is 1.99. The molecule has 0 radical (unpaired) electrons. The summed E-state index contributed by atoms with van der Waals surface area (Å²) in [5, 5.41) is 2.87. The molecule has 0 atom stereocenters. The molecule has 0 spiro atoms. The lowest BCUT2D eigenvalue weighted by Gasteiger charge is -2.11. The first-order valence-corrected chi connectivity index (χ1v) is 6.63. The van der Waals surface area contributed by atoms with Gasteiger partial charge >= 0.3 is 0 Å². The number of hydrogen-bond acceptors (Lipinski definition) is 4. The molecule has 1 aromatic heterocycles. The monoisotopic (exact) mass is 286 g/mol. The minimum Gasteiger partial charge on any atom is -0.497 e. The van der Waals surface area contributed by atoms with Gasteiger partial charge in [0.15, 0.2) is 0 Å². The Bertz CT molecular complexity index is 600. The van der Waals surface area contributed by atoms with Crippen molar-refractivity contribution in [3.05, 3.63) is 53.9 Å². The first kappa shape index (κ1) is 14.8. The van der Waals surface area contributed by atoms with Gasteiger partial charge in [0.1, 0.15) is 11.5 Å². The number of nitrogens with zero attached hydrogens (tertiary/aromatic N) is 1. The van der Waals surface area contributed by atoms with Crippen molar-refractivity contribution in [3.63, 3.8) is 0 Å². The smallest absolute Gasteiger partial charge is 0.251 e. The third-order valence-corrected chi connectivity index (χ3v) is 3.11. The van der Waals surface area contributed by atoms with E-state index in [4.69, 9.17) is 9.47 Å². The molecular formula is C16H18N2O3. The summed E-state index contributed by atoms with van der Waals surface area (Å²) in [7, 11) is 3.25. The molecule has 0 aliphatic carbocycles. The van der Waals surface area contributed by atoms with E-state index in [1.54, 1.807) is 38.7 Å². The van der Waals surface area contributed by atoms with Gasteiger partial charge in [-0.1, -0.05) is 0 Å². The lowest BCUT2D eigenvalue weighted by atomic mass is 10.1. The van der Waals surface area contributed by atoms with Crippen LogP contribution in [0.4, 0.5) is 0 Å². The molecule has 1 N–H and O–H groups in total. The summed E-state index contributed by atoms with van der Waals surface area (Å²) in [5.74, 6) is 1.44. The Morgan fingerprint density at radius 2 is 1.90 bits per heavy atom. The second-order valence-corrected chi connectivity index (χ2v) is 4.42. The molecule has 0 fully saturated rings. The van der Waals surface area contributed by atoms with Gasteiger partial charge < -0.3 is 14.8 Å². The van der Waals surface area contributed by atoms with E-state index in [1.165, 1.54) is 0 Å². The van der Waals surface area contributed by atoms with Gasteiger partial charge in [0.25, 0.3) is 5.91 Å². The van der Waals surface area contributed by atoms with E-state index in [-0.39, 0.29) is 5.91 Å². The molecule has 21 heavy (non-hydrogen) atoms. The Balaban J connectivity index is 1.95. The van der Waals surface area contributed by atoms with Crippen molar-refractivity contribution in [1.82, 2.24) is 10.3 Å². The summed E-state index contributed by atoms with van der Waals surface area (Å²) < 4.78 is 10.5. The van der Waals surface area contributed by atoms with E-state index in [0.29, 0.717) is 18.5 Å². The maximum Gasteiger partial charge on any atom is 0.251 e. The predicted molar refractivity (Wildman–Crippen MR) is 79.8 cm³/mol. The average Bonchev–Trinajstić information content (AvgIpc) is 2.55. The zero-order valence-electron chi connectivity index (χ0n) is 12.1. The summed E-state index contributed by atoms with van der Waals surface area (Å²) in [5.41, 5.74) is 1.59. The lowest BCUT2D eigenvalue weighted by Crippen LogP contribution is -2.25. The molecule has 1 amide bonds. The summed E-state index contributed by atoms with van der Waals surface area (Å²) in [6, 6.07) is 8.98. The number of hydrogen-bond donors (Lipinski definition) is 1. The van der Waals surface area contributed by atoms with Crippen molar-refractivity contribution < 1.29 is 14.3 Å². The van der Waals surface area contributed by atoms with Crippen LogP contribution in [0, 0.1) is 0 Å². The maximum absolute atomic E-state index is 11.9. The van der Waals surface area contributed by atoms with Gasteiger partial charge in [-0.2, -0.15) is 0 Å². The van der Waals surface area contributed by atoms with E-state index in [1.807, 2.05) is 18.2 Å². The summed E-state index contributed by atoms with van der Waals surface area (Å²) in [6.07, 6.45) is 3.86. The Kier molecular flexibility index (Phi) is 5.15. The van der Waals surface area contributed by atoms with Gasteiger partial charge in [0, 0.05) is 24.5 Å². The fraction of sp³-hybridized carbons (Fsp3) is 0.250. The van der Waals surface area contributed by atoms with Gasteiger partial charge in [0.2, 0.25) is 0 Å². The molecule has 5 heteroatoms. The first-order valence-electron chi connectivity index (χ1n) is 6.63. The molecule has 0 saturated carbocycles. The van der Waals surface area contributed by atoms with Crippen LogP contribution in [-0.2, 0) is 6.42 Å². The van der Waals surface area contributed by atoms with Crippen LogP contribution in [0.25, 0.3) is 0 Å². The average molecular weight is 286 g/mol. The first-order chi connectivity index (χ1) is 10.2. The second-order valence-electron chi connectivity index (χ2n) is 4.42. The van der Waals surface area contributed by atoms with Crippen LogP contribution in [0.5, 0.6) is 11.5 Å². The molecule has 2 rings (SSSR count). The highest BCUT2D eigenvalue weighted by Gasteiger charge is 2.07. The van der Waals surface area contributed by atoms with Gasteiger partial charge in [-0.15, -0.1) is 0 Å². The zero-order chi connectivity index (χ0) is 15.1. The Morgan fingerprint density at radius 3 is 2.57 bits per heavy atom. The van der Waals surface area contributed by atoms with Crippen molar-refractivity contribution in [1.29, 1.82) is 0 Å². The fourth-order valence-electron chi connectivity index (χ4n) is 1.99. The number of aromatic nitrogens is 1. The lowest BCUT2D eigenvalue weighted by molar-refractivity contribution is 0.0954. The third-order valence-electron chi connectivity index (χ3n) is 3.11. The van der Waals surface area contributed by atoms with Crippen molar-refractivity contribution in [2.75, 3.05) is 20.8 Å². The van der Waals surface area contributed by atoms with Gasteiger partial charge in [-0.25, -0.2) is 0 Å². The van der Waals surface area contributed by atoms with Crippen LogP contribution in [-0.4, -0.2) is 31.7 Å². The number of carbonyl (C=O) groups is 1. The topological polar surface area (TPSA) is 60.5 Å². The number of nitrogens with one attached hydrogen (secondary N) is 1. The normalized spacial score (nSPS) is 10.0. The van der Waals surface area contributed by atoms with Crippen LogP contribution >= 0.6 is 0 Å². The molecule has 0 unspecified atom stereocenters. The molecule has 110 valence electrons. The van der Waals surface area contributed by atoms with Crippen molar-refractivity contribution in [2.24, 2.45) is 0 Å². The summed E-state index contributed by atoms with van der Waals surface area (Å²) in [6.45, 7) is 0.519. The Labute approximate surface area is 123 Å². The van der Waals surface area contributed by atoms with Crippen LogP contribution in [0.3, 0.4) is 0 Å². The number of ether oxygens (including phenoxy) is 2. The molecule has 0 aliphatic heterocycles. The SMILES string of the molecule is COc1ccc(OC)c(CCNC(=O)c2ccncc2)c1. The summed E-state index contributed by atoms with van der Waals surface area (Å²) >= 11 is 0. The number of pyridine rings is 1. The van der Waals surface area contributed by atoms with E-state index >= 15 is 0 Å². The second kappa shape index (κ2) is 7.28. The van der Waals surface area contributed by atoms with Crippen LogP contribution < -0.4 is 14.8 Å². The Morgan fingerprint density at radius 1 is 1.14 bits per heavy atom. The summed E-state index contributed by atoms with van der Waals surface area (Å²) in [4.78, 5) is 15.8. The van der Waals surface area contributed by atoms with Crippen molar-refractivity contribution in [3.8, 4) is 11.5 Å². The van der Waals surface area contributed by atoms with E-state index in [2.05, 4.69) is 10.3 Å². The van der Waals surface area contributed by atoms with Crippen molar-refractivity contribution in [2.45, 2.75) is 6.42 Å². The molecule has 1 heterocycles. The minimum absolute atomic E-state index is 0.112. The Hall–Kier alpha value is -2.56. The predicted octanol–water partition coefficient (Wildman–Crippen LogP) is 2.07. The number of carbonyl (C=O) groups excluding carboxylic acids is 1. The number of methoxy groups -OCH3 is 2. The van der Waals surface area contributed by atoms with Gasteiger partial charge in [-0.05, 0) is 42.3 Å². The van der Waals surface area contributed by atoms with Gasteiger partial charge in [-0.3, -0.25) is 9.78 Å². The number of rotatable bonds is 6. The minimum atomic E-state index is -0.112. The van der Waals surface area contributed by atoms with E-state index in [9.17, 15) is 4.79 Å². The molecule has 0 bridgehead atoms. The molecule has 0 saturated heterocycles.